The van der Waals surface area contributed by atoms with Crippen LogP contribution in [0.25, 0.3) is 11.2 Å². The normalized spacial score (nSPS) is 24.1. The monoisotopic (exact) mass is 394 g/mol. The summed E-state index contributed by atoms with van der Waals surface area (Å²) in [7, 11) is 0. The summed E-state index contributed by atoms with van der Waals surface area (Å²) in [4.78, 5) is 42.3. The van der Waals surface area contributed by atoms with E-state index in [1.54, 1.807) is 0 Å². The summed E-state index contributed by atoms with van der Waals surface area (Å²) in [6.45, 7) is 3.38. The van der Waals surface area contributed by atoms with E-state index in [1.807, 2.05) is 0 Å². The van der Waals surface area contributed by atoms with Crippen LogP contribution in [0, 0.1) is 0 Å². The van der Waals surface area contributed by atoms with Crippen LogP contribution in [0.4, 0.5) is 5.82 Å². The molecule has 1 aliphatic rings. The lowest BCUT2D eigenvalue weighted by molar-refractivity contribution is -0.166. The summed E-state index contributed by atoms with van der Waals surface area (Å²) in [5.74, 6) is -1.72. The van der Waals surface area contributed by atoms with Crippen molar-refractivity contribution in [2.45, 2.75) is 45.3 Å². The maximum atomic E-state index is 11.6. The Hall–Kier alpha value is -3.35. The Morgan fingerprint density at radius 3 is 2.43 bits per heavy atom. The molecule has 2 aromatic rings. The zero-order chi connectivity index (χ0) is 20.4. The van der Waals surface area contributed by atoms with Crippen LogP contribution in [0.1, 0.15) is 27.0 Å². The predicted octanol–water partition coefficient (Wildman–Crippen LogP) is -0.873. The molecule has 13 heteroatoms. The third-order valence-electron chi connectivity index (χ3n) is 3.87. The van der Waals surface area contributed by atoms with Crippen molar-refractivity contribution in [2.24, 2.45) is 0 Å². The summed E-state index contributed by atoms with van der Waals surface area (Å²) in [6, 6.07) is 0. The van der Waals surface area contributed by atoms with Gasteiger partial charge in [0.25, 0.3) is 0 Å². The molecule has 0 saturated carbocycles. The van der Waals surface area contributed by atoms with Gasteiger partial charge in [0.15, 0.2) is 35.4 Å². The first kappa shape index (κ1) is 19.4. The topological polar surface area (TPSA) is 171 Å². The molecule has 1 fully saturated rings. The lowest BCUT2D eigenvalue weighted by atomic mass is 10.1. The van der Waals surface area contributed by atoms with Gasteiger partial charge in [-0.1, -0.05) is 5.21 Å². The molecule has 0 aliphatic carbocycles. The van der Waals surface area contributed by atoms with Gasteiger partial charge in [-0.15, -0.1) is 5.10 Å². The number of rotatable bonds is 5. The molecule has 28 heavy (non-hydrogen) atoms. The standard InChI is InChI=1S/C15H18N6O7/c1-6(22)25-4-9-11(26-7(2)23)12(27-8(3)24)15(28-9)21-14-10(19-20-21)13(16)17-5-18-14/h5,9,11-12,15H,4H2,1-3H3,(H2,16,17,18)/t9-,11-,12-,15?/m1/s1. The van der Waals surface area contributed by atoms with Gasteiger partial charge < -0.3 is 24.7 Å². The van der Waals surface area contributed by atoms with E-state index in [0.29, 0.717) is 0 Å². The van der Waals surface area contributed by atoms with E-state index in [9.17, 15) is 14.4 Å². The molecule has 0 bridgehead atoms. The predicted molar refractivity (Wildman–Crippen MR) is 89.2 cm³/mol. The first-order valence-corrected chi connectivity index (χ1v) is 8.22. The molecule has 150 valence electrons. The average molecular weight is 394 g/mol. The fraction of sp³-hybridized carbons (Fsp3) is 0.533. The smallest absolute Gasteiger partial charge is 0.303 e. The van der Waals surface area contributed by atoms with Crippen LogP contribution < -0.4 is 5.73 Å². The van der Waals surface area contributed by atoms with E-state index >= 15 is 0 Å². The second kappa shape index (κ2) is 7.72. The number of hydrogen-bond donors (Lipinski definition) is 1. The van der Waals surface area contributed by atoms with Crippen molar-refractivity contribution in [3.8, 4) is 0 Å². The number of aromatic nitrogens is 5. The summed E-state index contributed by atoms with van der Waals surface area (Å²) in [6.07, 6.45) is -2.91. The van der Waals surface area contributed by atoms with Crippen LogP contribution in [0.5, 0.6) is 0 Å². The van der Waals surface area contributed by atoms with Crippen molar-refractivity contribution in [1.29, 1.82) is 0 Å². The quantitative estimate of drug-likeness (QED) is 0.491. The van der Waals surface area contributed by atoms with Crippen molar-refractivity contribution in [3.05, 3.63) is 6.33 Å². The Kier molecular flexibility index (Phi) is 5.35. The SMILES string of the molecule is CC(=O)OC[C@H]1OC(n2nnc3c(N)ncnc32)[C@H](OC(C)=O)[C@@H]1OC(C)=O. The zero-order valence-corrected chi connectivity index (χ0v) is 15.3. The minimum atomic E-state index is -1.09. The number of nitrogen functional groups attached to an aromatic ring is 1. The molecule has 2 aromatic heterocycles. The molecule has 0 amide bonds. The van der Waals surface area contributed by atoms with E-state index in [-0.39, 0.29) is 23.6 Å². The molecule has 1 saturated heterocycles. The van der Waals surface area contributed by atoms with Gasteiger partial charge in [0, 0.05) is 20.8 Å². The van der Waals surface area contributed by atoms with Crippen LogP contribution in [0.2, 0.25) is 0 Å². The molecule has 0 radical (unpaired) electrons. The molecule has 3 heterocycles. The second-order valence-electron chi connectivity index (χ2n) is 5.98. The van der Waals surface area contributed by atoms with E-state index in [1.165, 1.54) is 31.8 Å². The van der Waals surface area contributed by atoms with Crippen molar-refractivity contribution in [1.82, 2.24) is 25.0 Å². The Balaban J connectivity index is 2.01. The van der Waals surface area contributed by atoms with Gasteiger partial charge >= 0.3 is 17.9 Å². The molecule has 0 spiro atoms. The minimum absolute atomic E-state index is 0.103. The highest BCUT2D eigenvalue weighted by Crippen LogP contribution is 2.35. The van der Waals surface area contributed by atoms with Gasteiger partial charge in [-0.2, -0.15) is 4.68 Å². The van der Waals surface area contributed by atoms with Crippen LogP contribution >= 0.6 is 0 Å². The van der Waals surface area contributed by atoms with Gasteiger partial charge in [-0.25, -0.2) is 9.97 Å². The number of ether oxygens (including phenoxy) is 4. The Labute approximate surface area is 158 Å². The Bertz CT molecular complexity index is 915. The van der Waals surface area contributed by atoms with Gasteiger partial charge in [0.1, 0.15) is 19.0 Å². The number of hydrogen-bond acceptors (Lipinski definition) is 12. The van der Waals surface area contributed by atoms with E-state index in [2.05, 4.69) is 20.3 Å². The van der Waals surface area contributed by atoms with Crippen molar-refractivity contribution < 1.29 is 33.3 Å². The van der Waals surface area contributed by atoms with Gasteiger partial charge in [0.05, 0.1) is 0 Å². The Morgan fingerprint density at radius 1 is 1.11 bits per heavy atom. The largest absolute Gasteiger partial charge is 0.463 e. The molecule has 4 atom stereocenters. The third-order valence-corrected chi connectivity index (χ3v) is 3.87. The lowest BCUT2D eigenvalue weighted by Crippen LogP contribution is -2.40. The van der Waals surface area contributed by atoms with Gasteiger partial charge in [0.2, 0.25) is 0 Å². The van der Waals surface area contributed by atoms with Crippen LogP contribution in [0.3, 0.4) is 0 Å². The third kappa shape index (κ3) is 3.83. The number of esters is 3. The van der Waals surface area contributed by atoms with E-state index in [4.69, 9.17) is 24.7 Å². The van der Waals surface area contributed by atoms with Crippen molar-refractivity contribution in [2.75, 3.05) is 12.3 Å². The fourth-order valence-electron chi connectivity index (χ4n) is 2.84. The zero-order valence-electron chi connectivity index (χ0n) is 15.3. The molecule has 0 aromatic carbocycles. The molecule has 1 aliphatic heterocycles. The maximum Gasteiger partial charge on any atom is 0.303 e. The van der Waals surface area contributed by atoms with Crippen LogP contribution in [0.15, 0.2) is 6.33 Å². The summed E-state index contributed by atoms with van der Waals surface area (Å²) in [5.41, 5.74) is 6.21. The highest BCUT2D eigenvalue weighted by atomic mass is 16.7. The summed E-state index contributed by atoms with van der Waals surface area (Å²) >= 11 is 0. The number of anilines is 1. The first-order valence-electron chi connectivity index (χ1n) is 8.22. The maximum absolute atomic E-state index is 11.6. The van der Waals surface area contributed by atoms with Crippen LogP contribution in [-0.2, 0) is 33.3 Å². The van der Waals surface area contributed by atoms with Crippen molar-refractivity contribution >= 4 is 34.9 Å². The molecular weight excluding hydrogens is 376 g/mol. The summed E-state index contributed by atoms with van der Waals surface area (Å²) < 4.78 is 22.7. The first-order chi connectivity index (χ1) is 13.3. The van der Waals surface area contributed by atoms with Crippen molar-refractivity contribution in [3.63, 3.8) is 0 Å². The number of carbonyl (C=O) groups is 3. The molecule has 3 rings (SSSR count). The van der Waals surface area contributed by atoms with Gasteiger partial charge in [-0.3, -0.25) is 14.4 Å². The summed E-state index contributed by atoms with van der Waals surface area (Å²) in [5, 5.41) is 7.87. The molecule has 13 nitrogen and oxygen atoms in total. The average Bonchev–Trinajstić information content (AvgIpc) is 3.16. The van der Waals surface area contributed by atoms with E-state index in [0.717, 1.165) is 0 Å². The number of nitrogens with two attached hydrogens (primary N) is 1. The molecular formula is C15H18N6O7. The highest BCUT2D eigenvalue weighted by Gasteiger charge is 2.51. The van der Waals surface area contributed by atoms with Gasteiger partial charge in [-0.05, 0) is 0 Å². The lowest BCUT2D eigenvalue weighted by Gasteiger charge is -2.23. The number of nitrogens with zero attached hydrogens (tertiary/aromatic N) is 5. The molecule has 1 unspecified atom stereocenters. The minimum Gasteiger partial charge on any atom is -0.463 e. The molecule has 2 N–H and O–H groups in total. The number of fused-ring (bicyclic) bond motifs is 1. The van der Waals surface area contributed by atoms with E-state index < -0.39 is 42.4 Å². The second-order valence-corrected chi connectivity index (χ2v) is 5.98. The Morgan fingerprint density at radius 2 is 1.79 bits per heavy atom. The number of carbonyl (C=O) groups excluding carboxylic acids is 3. The fourth-order valence-corrected chi connectivity index (χ4v) is 2.84. The highest BCUT2D eigenvalue weighted by molar-refractivity contribution is 5.80. The van der Waals surface area contributed by atoms with Crippen LogP contribution in [-0.4, -0.2) is 67.8 Å².